The minimum absolute atomic E-state index is 0.164. The molecule has 2 heterocycles. The Hall–Kier alpha value is -3.65. The van der Waals surface area contributed by atoms with E-state index in [4.69, 9.17) is 4.74 Å². The normalized spacial score (nSPS) is 17.3. The smallest absolute Gasteiger partial charge is 0.272 e. The number of hydrogen-bond donors (Lipinski definition) is 1. The van der Waals surface area contributed by atoms with Gasteiger partial charge in [-0.3, -0.25) is 9.59 Å². The molecule has 0 bridgehead atoms. The van der Waals surface area contributed by atoms with E-state index in [1.165, 1.54) is 45.4 Å². The van der Waals surface area contributed by atoms with Gasteiger partial charge in [0.05, 0.1) is 25.0 Å². The van der Waals surface area contributed by atoms with Gasteiger partial charge in [0.1, 0.15) is 0 Å². The van der Waals surface area contributed by atoms with E-state index in [-0.39, 0.29) is 11.5 Å². The lowest BCUT2D eigenvalue weighted by molar-refractivity contribution is 0.0548. The highest BCUT2D eigenvalue weighted by atomic mass is 16.5. The molecule has 0 radical (unpaired) electrons. The molecule has 1 aliphatic heterocycles. The van der Waals surface area contributed by atoms with E-state index < -0.39 is 0 Å². The number of pyridine rings is 1. The molecular formula is C28H35N5O3. The number of nitrogens with zero attached hydrogens (tertiary/aromatic N) is 4. The third-order valence-electron chi connectivity index (χ3n) is 6.70. The van der Waals surface area contributed by atoms with Crippen LogP contribution in [0.3, 0.4) is 0 Å². The molecule has 1 aliphatic carbocycles. The number of amides is 1. The van der Waals surface area contributed by atoms with Gasteiger partial charge in [0.2, 0.25) is 5.56 Å². The molecule has 1 N–H and O–H groups in total. The number of benzene rings is 1. The zero-order valence-corrected chi connectivity index (χ0v) is 21.4. The van der Waals surface area contributed by atoms with Gasteiger partial charge < -0.3 is 19.1 Å². The molecule has 8 nitrogen and oxygen atoms in total. The summed E-state index contributed by atoms with van der Waals surface area (Å²) in [7, 11) is 1.62. The highest BCUT2D eigenvalue weighted by molar-refractivity contribution is 5.94. The second-order valence-electron chi connectivity index (χ2n) is 8.97. The topological polar surface area (TPSA) is 79.2 Å². The summed E-state index contributed by atoms with van der Waals surface area (Å²) < 4.78 is 6.96. The van der Waals surface area contributed by atoms with Crippen LogP contribution in [0, 0.1) is 0 Å². The number of rotatable bonds is 8. The lowest BCUT2D eigenvalue weighted by Gasteiger charge is -2.31. The zero-order valence-electron chi connectivity index (χ0n) is 21.4. The highest BCUT2D eigenvalue weighted by Crippen LogP contribution is 2.35. The number of anilines is 1. The van der Waals surface area contributed by atoms with Crippen molar-refractivity contribution in [3.8, 4) is 0 Å². The molecule has 1 fully saturated rings. The first-order valence-corrected chi connectivity index (χ1v) is 12.6. The van der Waals surface area contributed by atoms with Crippen molar-refractivity contribution < 1.29 is 9.53 Å². The largest absolute Gasteiger partial charge is 0.378 e. The van der Waals surface area contributed by atoms with Gasteiger partial charge in [0, 0.05) is 56.9 Å². The van der Waals surface area contributed by atoms with Crippen LogP contribution in [0.4, 0.5) is 5.69 Å². The number of carbonyl (C=O) groups excluding carboxylic acids is 1. The predicted molar refractivity (Wildman–Crippen MR) is 144 cm³/mol. The molecule has 1 saturated heterocycles. The van der Waals surface area contributed by atoms with Gasteiger partial charge in [0.15, 0.2) is 0 Å². The first-order valence-electron chi connectivity index (χ1n) is 12.6. The maximum absolute atomic E-state index is 12.5. The minimum Gasteiger partial charge on any atom is -0.378 e. The van der Waals surface area contributed by atoms with Gasteiger partial charge in [0.25, 0.3) is 5.91 Å². The molecular weight excluding hydrogens is 454 g/mol. The van der Waals surface area contributed by atoms with E-state index in [0.29, 0.717) is 18.8 Å². The maximum Gasteiger partial charge on any atom is 0.272 e. The molecule has 1 amide bonds. The molecule has 0 atom stereocenters. The van der Waals surface area contributed by atoms with Gasteiger partial charge >= 0.3 is 0 Å². The summed E-state index contributed by atoms with van der Waals surface area (Å²) in [5.74, 6) is -0.350. The second-order valence-corrected chi connectivity index (χ2v) is 8.97. The Bertz CT molecular complexity index is 1220. The zero-order chi connectivity index (χ0) is 25.5. The summed E-state index contributed by atoms with van der Waals surface area (Å²) in [5.41, 5.74) is 8.80. The monoisotopic (exact) mass is 489 g/mol. The highest BCUT2D eigenvalue weighted by Gasteiger charge is 2.25. The SMILES string of the molecule is CCN(CC)c1ccc(/C=C2/CCC(C=NNC(=O)c3ccc(=O)n(C)c3)=C2N2CCOCC2)cc1. The summed E-state index contributed by atoms with van der Waals surface area (Å²) in [6.07, 6.45) is 7.30. The average molecular weight is 490 g/mol. The number of allylic oxidation sites excluding steroid dienone is 2. The molecule has 4 rings (SSSR count). The Morgan fingerprint density at radius 1 is 1.08 bits per heavy atom. The second kappa shape index (κ2) is 11.9. The standard InChI is InChI=1S/C28H35N5O3/c1-4-32(5-2)25-11-6-21(7-12-25)18-22-8-9-23(27(22)33-14-16-36-17-15-33)19-29-30-28(35)24-10-13-26(34)31(3)20-24/h6-7,10-13,18-20H,4-5,8-9,14-17H2,1-3H3,(H,30,35)/b22-18-,29-19?. The van der Waals surface area contributed by atoms with E-state index in [9.17, 15) is 9.59 Å². The summed E-state index contributed by atoms with van der Waals surface area (Å²) in [6.45, 7) is 9.37. The van der Waals surface area contributed by atoms with Crippen LogP contribution in [-0.2, 0) is 11.8 Å². The Balaban J connectivity index is 1.55. The van der Waals surface area contributed by atoms with Crippen molar-refractivity contribution in [3.63, 3.8) is 0 Å². The van der Waals surface area contributed by atoms with Crippen molar-refractivity contribution in [1.29, 1.82) is 0 Å². The van der Waals surface area contributed by atoms with Crippen molar-refractivity contribution in [1.82, 2.24) is 14.9 Å². The number of hydrogen-bond acceptors (Lipinski definition) is 6. The lowest BCUT2D eigenvalue weighted by atomic mass is 10.1. The van der Waals surface area contributed by atoms with Crippen molar-refractivity contribution in [2.24, 2.45) is 12.1 Å². The maximum atomic E-state index is 12.5. The van der Waals surface area contributed by atoms with Gasteiger partial charge in [-0.25, -0.2) is 5.43 Å². The number of hydrazone groups is 1. The fourth-order valence-electron chi connectivity index (χ4n) is 4.70. The van der Waals surface area contributed by atoms with E-state index in [0.717, 1.165) is 44.6 Å². The molecule has 2 aromatic rings. The number of aromatic nitrogens is 1. The predicted octanol–water partition coefficient (Wildman–Crippen LogP) is 3.41. The molecule has 2 aliphatic rings. The molecule has 36 heavy (non-hydrogen) atoms. The third-order valence-corrected chi connectivity index (χ3v) is 6.70. The lowest BCUT2D eigenvalue weighted by Crippen LogP contribution is -2.36. The number of nitrogens with one attached hydrogen (secondary N) is 1. The van der Waals surface area contributed by atoms with E-state index in [2.05, 4.69) is 64.5 Å². The summed E-state index contributed by atoms with van der Waals surface area (Å²) in [5, 5.41) is 4.26. The quantitative estimate of drug-likeness (QED) is 0.454. The van der Waals surface area contributed by atoms with Crippen LogP contribution in [0.2, 0.25) is 0 Å². The molecule has 1 aromatic heterocycles. The van der Waals surface area contributed by atoms with Crippen LogP contribution in [0.5, 0.6) is 0 Å². The van der Waals surface area contributed by atoms with E-state index in [1.54, 1.807) is 13.3 Å². The van der Waals surface area contributed by atoms with Crippen LogP contribution < -0.4 is 15.9 Å². The number of ether oxygens (including phenoxy) is 1. The fourth-order valence-corrected chi connectivity index (χ4v) is 4.70. The van der Waals surface area contributed by atoms with Crippen LogP contribution in [-0.4, -0.2) is 61.0 Å². The summed E-state index contributed by atoms with van der Waals surface area (Å²) >= 11 is 0. The molecule has 0 saturated carbocycles. The van der Waals surface area contributed by atoms with Crippen LogP contribution in [0.1, 0.15) is 42.6 Å². The van der Waals surface area contributed by atoms with Gasteiger partial charge in [-0.2, -0.15) is 5.10 Å². The molecule has 8 heteroatoms. The van der Waals surface area contributed by atoms with E-state index in [1.807, 2.05) is 0 Å². The Morgan fingerprint density at radius 3 is 2.47 bits per heavy atom. The third kappa shape index (κ3) is 5.94. The Morgan fingerprint density at radius 2 is 1.81 bits per heavy atom. The van der Waals surface area contributed by atoms with Crippen molar-refractivity contribution in [2.75, 3.05) is 44.3 Å². The first kappa shape index (κ1) is 25.4. The van der Waals surface area contributed by atoms with Crippen molar-refractivity contribution >= 4 is 23.9 Å². The van der Waals surface area contributed by atoms with E-state index >= 15 is 0 Å². The number of carbonyl (C=O) groups is 1. The Kier molecular flexibility index (Phi) is 8.38. The summed E-state index contributed by atoms with van der Waals surface area (Å²) in [6, 6.07) is 11.6. The first-order chi connectivity index (χ1) is 17.5. The molecule has 1 aromatic carbocycles. The molecule has 0 spiro atoms. The van der Waals surface area contributed by atoms with Crippen LogP contribution >= 0.6 is 0 Å². The Labute approximate surface area is 212 Å². The molecule has 0 unspecified atom stereocenters. The number of aryl methyl sites for hydroxylation is 1. The van der Waals surface area contributed by atoms with Gasteiger partial charge in [-0.1, -0.05) is 12.1 Å². The average Bonchev–Trinajstić information content (AvgIpc) is 3.29. The van der Waals surface area contributed by atoms with Crippen molar-refractivity contribution in [2.45, 2.75) is 26.7 Å². The van der Waals surface area contributed by atoms with Gasteiger partial charge in [-0.15, -0.1) is 0 Å². The minimum atomic E-state index is -0.350. The van der Waals surface area contributed by atoms with Crippen LogP contribution in [0.15, 0.2) is 69.3 Å². The van der Waals surface area contributed by atoms with Gasteiger partial charge in [-0.05, 0) is 67.7 Å². The summed E-state index contributed by atoms with van der Waals surface area (Å²) in [4.78, 5) is 28.8. The van der Waals surface area contributed by atoms with Crippen LogP contribution in [0.25, 0.3) is 6.08 Å². The fraction of sp³-hybridized carbons (Fsp3) is 0.393. The molecule has 190 valence electrons. The number of morpholine rings is 1. The van der Waals surface area contributed by atoms with Crippen molar-refractivity contribution in [3.05, 3.63) is 80.9 Å².